The van der Waals surface area contributed by atoms with Crippen molar-refractivity contribution in [2.45, 2.75) is 19.4 Å². The van der Waals surface area contributed by atoms with Crippen LogP contribution in [0.3, 0.4) is 0 Å². The number of aromatic nitrogens is 1. The summed E-state index contributed by atoms with van der Waals surface area (Å²) in [5.41, 5.74) is 3.39. The topological polar surface area (TPSA) is 68.7 Å². The van der Waals surface area contributed by atoms with Gasteiger partial charge >= 0.3 is 5.97 Å². The van der Waals surface area contributed by atoms with Crippen LogP contribution in [-0.4, -0.2) is 23.2 Å². The highest BCUT2D eigenvalue weighted by atomic mass is 16.5. The van der Waals surface area contributed by atoms with Crippen LogP contribution in [0.25, 0.3) is 0 Å². The van der Waals surface area contributed by atoms with E-state index < -0.39 is 5.97 Å². The van der Waals surface area contributed by atoms with E-state index in [9.17, 15) is 4.79 Å². The minimum Gasteiger partial charge on any atom is -0.497 e. The molecule has 0 radical (unpaired) electrons. The number of hydrogen-bond donors (Lipinski definition) is 1. The van der Waals surface area contributed by atoms with Crippen molar-refractivity contribution in [2.24, 2.45) is 0 Å². The van der Waals surface area contributed by atoms with Crippen molar-refractivity contribution in [3.63, 3.8) is 0 Å². The second kappa shape index (κ2) is 8.85. The predicted molar refractivity (Wildman–Crippen MR) is 102 cm³/mol. The minimum atomic E-state index is -0.915. The standard InChI is InChI=1S/C22H21NO4/c1-26-20-6-2-4-17(14-20)15-27-21-18(5-3-13-23-21)10-7-16-8-11-19(12-9-16)22(24)25/h2-6,8-9,11-14H,7,10,15H2,1H3,(H,24,25). The minimum absolute atomic E-state index is 0.294. The summed E-state index contributed by atoms with van der Waals surface area (Å²) in [7, 11) is 1.64. The molecule has 0 saturated heterocycles. The molecule has 0 amide bonds. The van der Waals surface area contributed by atoms with Gasteiger partial charge in [-0.2, -0.15) is 0 Å². The number of carboxylic acids is 1. The number of aromatic carboxylic acids is 1. The highest BCUT2D eigenvalue weighted by molar-refractivity contribution is 5.87. The van der Waals surface area contributed by atoms with Crippen molar-refractivity contribution >= 4 is 5.97 Å². The molecule has 1 N–H and O–H groups in total. The van der Waals surface area contributed by atoms with Crippen molar-refractivity contribution in [2.75, 3.05) is 7.11 Å². The summed E-state index contributed by atoms with van der Waals surface area (Å²) in [5.74, 6) is 0.492. The van der Waals surface area contributed by atoms with Gasteiger partial charge in [-0.05, 0) is 54.3 Å². The quantitative estimate of drug-likeness (QED) is 0.651. The van der Waals surface area contributed by atoms with Gasteiger partial charge in [0.25, 0.3) is 0 Å². The largest absolute Gasteiger partial charge is 0.497 e. The van der Waals surface area contributed by atoms with Crippen LogP contribution in [0, 0.1) is 0 Å². The Morgan fingerprint density at radius 2 is 1.81 bits per heavy atom. The van der Waals surface area contributed by atoms with Crippen LogP contribution >= 0.6 is 0 Å². The van der Waals surface area contributed by atoms with E-state index in [1.165, 1.54) is 0 Å². The van der Waals surface area contributed by atoms with E-state index in [2.05, 4.69) is 4.98 Å². The molecule has 1 heterocycles. The molecule has 0 aliphatic rings. The van der Waals surface area contributed by atoms with Crippen molar-refractivity contribution in [1.29, 1.82) is 0 Å². The molecule has 27 heavy (non-hydrogen) atoms. The fraction of sp³-hybridized carbons (Fsp3) is 0.182. The van der Waals surface area contributed by atoms with E-state index in [0.29, 0.717) is 18.1 Å². The van der Waals surface area contributed by atoms with Gasteiger partial charge in [0.05, 0.1) is 12.7 Å². The van der Waals surface area contributed by atoms with E-state index in [1.807, 2.05) is 48.5 Å². The molecule has 1 aromatic heterocycles. The second-order valence-electron chi connectivity index (χ2n) is 6.11. The van der Waals surface area contributed by atoms with Gasteiger partial charge < -0.3 is 14.6 Å². The molecular formula is C22H21NO4. The number of carbonyl (C=O) groups is 1. The molecule has 3 rings (SSSR count). The molecule has 0 saturated carbocycles. The molecule has 0 unspecified atom stereocenters. The number of nitrogens with zero attached hydrogens (tertiary/aromatic N) is 1. The fourth-order valence-corrected chi connectivity index (χ4v) is 2.75. The number of methoxy groups -OCH3 is 1. The molecule has 0 fully saturated rings. The smallest absolute Gasteiger partial charge is 0.335 e. The molecule has 0 bridgehead atoms. The van der Waals surface area contributed by atoms with Crippen LogP contribution in [-0.2, 0) is 19.4 Å². The lowest BCUT2D eigenvalue weighted by Crippen LogP contribution is -2.02. The molecule has 3 aromatic rings. The third-order valence-electron chi connectivity index (χ3n) is 4.24. The maximum absolute atomic E-state index is 10.9. The Bertz CT molecular complexity index is 906. The zero-order chi connectivity index (χ0) is 19.1. The van der Waals surface area contributed by atoms with Gasteiger partial charge in [0.15, 0.2) is 0 Å². The Labute approximate surface area is 158 Å². The summed E-state index contributed by atoms with van der Waals surface area (Å²) in [5, 5.41) is 8.97. The van der Waals surface area contributed by atoms with E-state index in [0.717, 1.165) is 35.3 Å². The van der Waals surface area contributed by atoms with Gasteiger partial charge in [0, 0.05) is 11.8 Å². The van der Waals surface area contributed by atoms with Crippen molar-refractivity contribution in [1.82, 2.24) is 4.98 Å². The van der Waals surface area contributed by atoms with Crippen LogP contribution in [0.5, 0.6) is 11.6 Å². The summed E-state index contributed by atoms with van der Waals surface area (Å²) in [6.07, 6.45) is 3.25. The second-order valence-corrected chi connectivity index (χ2v) is 6.11. The SMILES string of the molecule is COc1cccc(COc2ncccc2CCc2ccc(C(=O)O)cc2)c1. The molecule has 0 spiro atoms. The molecular weight excluding hydrogens is 342 g/mol. The molecule has 138 valence electrons. The van der Waals surface area contributed by atoms with Gasteiger partial charge in [0.2, 0.25) is 5.88 Å². The molecule has 2 aromatic carbocycles. The number of hydrogen-bond acceptors (Lipinski definition) is 4. The lowest BCUT2D eigenvalue weighted by Gasteiger charge is -2.11. The summed E-state index contributed by atoms with van der Waals surface area (Å²) < 4.78 is 11.2. The molecule has 0 atom stereocenters. The predicted octanol–water partition coefficient (Wildman–Crippen LogP) is 4.15. The molecule has 5 nitrogen and oxygen atoms in total. The maximum atomic E-state index is 10.9. The lowest BCUT2D eigenvalue weighted by atomic mass is 10.0. The van der Waals surface area contributed by atoms with Gasteiger partial charge in [-0.3, -0.25) is 0 Å². The Kier molecular flexibility index (Phi) is 6.05. The van der Waals surface area contributed by atoms with Crippen molar-refractivity contribution in [3.8, 4) is 11.6 Å². The zero-order valence-corrected chi connectivity index (χ0v) is 15.1. The average molecular weight is 363 g/mol. The maximum Gasteiger partial charge on any atom is 0.335 e. The van der Waals surface area contributed by atoms with Crippen LogP contribution < -0.4 is 9.47 Å². The first-order valence-electron chi connectivity index (χ1n) is 8.67. The van der Waals surface area contributed by atoms with Crippen LogP contribution in [0.15, 0.2) is 66.9 Å². The summed E-state index contributed by atoms with van der Waals surface area (Å²) in [6, 6.07) is 18.6. The number of carboxylic acid groups (broad SMARTS) is 1. The normalized spacial score (nSPS) is 10.4. The van der Waals surface area contributed by atoms with Gasteiger partial charge in [-0.15, -0.1) is 0 Å². The summed E-state index contributed by atoms with van der Waals surface area (Å²) in [6.45, 7) is 0.411. The van der Waals surface area contributed by atoms with Crippen LogP contribution in [0.1, 0.15) is 27.0 Å². The van der Waals surface area contributed by atoms with Crippen LogP contribution in [0.4, 0.5) is 0 Å². The fourth-order valence-electron chi connectivity index (χ4n) is 2.75. The first-order valence-corrected chi connectivity index (χ1v) is 8.67. The first kappa shape index (κ1) is 18.5. The van der Waals surface area contributed by atoms with E-state index in [4.69, 9.17) is 14.6 Å². The Morgan fingerprint density at radius 1 is 1.00 bits per heavy atom. The van der Waals surface area contributed by atoms with Gasteiger partial charge in [0.1, 0.15) is 12.4 Å². The monoisotopic (exact) mass is 363 g/mol. The summed E-state index contributed by atoms with van der Waals surface area (Å²) in [4.78, 5) is 15.3. The van der Waals surface area contributed by atoms with Crippen molar-refractivity contribution in [3.05, 3.63) is 89.1 Å². The van der Waals surface area contributed by atoms with Crippen LogP contribution in [0.2, 0.25) is 0 Å². The van der Waals surface area contributed by atoms with Gasteiger partial charge in [-0.25, -0.2) is 9.78 Å². The summed E-state index contributed by atoms with van der Waals surface area (Å²) >= 11 is 0. The third kappa shape index (κ3) is 5.07. The van der Waals surface area contributed by atoms with E-state index in [-0.39, 0.29) is 0 Å². The number of ether oxygens (including phenoxy) is 2. The number of aryl methyl sites for hydroxylation is 2. The number of benzene rings is 2. The number of rotatable bonds is 8. The first-order chi connectivity index (χ1) is 13.2. The highest BCUT2D eigenvalue weighted by Gasteiger charge is 2.07. The lowest BCUT2D eigenvalue weighted by molar-refractivity contribution is 0.0697. The van der Waals surface area contributed by atoms with E-state index >= 15 is 0 Å². The Balaban J connectivity index is 1.64. The Morgan fingerprint density at radius 3 is 2.56 bits per heavy atom. The van der Waals surface area contributed by atoms with E-state index in [1.54, 1.807) is 25.4 Å². The molecule has 0 aliphatic heterocycles. The average Bonchev–Trinajstić information content (AvgIpc) is 2.71. The van der Waals surface area contributed by atoms with Crippen molar-refractivity contribution < 1.29 is 19.4 Å². The Hall–Kier alpha value is -3.34. The highest BCUT2D eigenvalue weighted by Crippen LogP contribution is 2.20. The number of pyridine rings is 1. The van der Waals surface area contributed by atoms with Gasteiger partial charge in [-0.1, -0.05) is 30.3 Å². The molecule has 5 heteroatoms. The molecule has 0 aliphatic carbocycles. The third-order valence-corrected chi connectivity index (χ3v) is 4.24. The zero-order valence-electron chi connectivity index (χ0n) is 15.1.